The van der Waals surface area contributed by atoms with Gasteiger partial charge in [-0.05, 0) is 42.1 Å². The molecule has 2 aliphatic rings. The van der Waals surface area contributed by atoms with E-state index in [0.29, 0.717) is 52.8 Å². The average molecular weight is 478 g/mol. The first kappa shape index (κ1) is 21.7. The summed E-state index contributed by atoms with van der Waals surface area (Å²) in [5, 5.41) is 2.95. The van der Waals surface area contributed by atoms with Crippen molar-refractivity contribution in [1.29, 1.82) is 0 Å². The van der Waals surface area contributed by atoms with Crippen LogP contribution < -0.4 is 9.64 Å². The lowest BCUT2D eigenvalue weighted by Crippen LogP contribution is -2.31. The van der Waals surface area contributed by atoms with E-state index in [4.69, 9.17) is 21.1 Å². The molecule has 2 aliphatic heterocycles. The van der Waals surface area contributed by atoms with E-state index in [9.17, 15) is 9.59 Å². The number of aliphatic imine (C=N–C) groups is 1. The maximum atomic E-state index is 13.2. The predicted octanol–water partition coefficient (Wildman–Crippen LogP) is 4.73. The number of carbonyl (C=O) groups excluding carboxylic acids is 2. The van der Waals surface area contributed by atoms with Crippen LogP contribution in [-0.4, -0.2) is 54.6 Å². The summed E-state index contributed by atoms with van der Waals surface area (Å²) in [7, 11) is 1.54. The van der Waals surface area contributed by atoms with Crippen molar-refractivity contribution < 1.29 is 19.1 Å². The van der Waals surface area contributed by atoms with Crippen LogP contribution >= 0.6 is 34.7 Å². The van der Waals surface area contributed by atoms with Gasteiger partial charge in [-0.1, -0.05) is 29.4 Å². The first-order valence-electron chi connectivity index (χ1n) is 9.63. The highest BCUT2D eigenvalue weighted by atomic mass is 35.5. The zero-order chi connectivity index (χ0) is 21.8. The molecule has 4 rings (SSSR count). The quantitative estimate of drug-likeness (QED) is 0.426. The van der Waals surface area contributed by atoms with Crippen molar-refractivity contribution >= 4 is 63.6 Å². The largest absolute Gasteiger partial charge is 0.495 e. The van der Waals surface area contributed by atoms with E-state index >= 15 is 0 Å². The summed E-state index contributed by atoms with van der Waals surface area (Å²) in [5.74, 6) is 1.03. The van der Waals surface area contributed by atoms with E-state index in [1.54, 1.807) is 52.5 Å². The summed E-state index contributed by atoms with van der Waals surface area (Å²) >= 11 is 9.31. The van der Waals surface area contributed by atoms with E-state index in [0.717, 1.165) is 11.3 Å². The number of cyclic esters (lactones) is 1. The zero-order valence-electron chi connectivity index (χ0n) is 16.7. The molecule has 2 aromatic rings. The molecule has 162 valence electrons. The fraction of sp³-hybridized carbons (Fsp3) is 0.286. The van der Waals surface area contributed by atoms with Crippen LogP contribution in [0.1, 0.15) is 11.3 Å². The van der Waals surface area contributed by atoms with Gasteiger partial charge in [-0.2, -0.15) is 0 Å². The lowest BCUT2D eigenvalue weighted by molar-refractivity contribution is -0.113. The molecule has 0 atom stereocenters. The summed E-state index contributed by atoms with van der Waals surface area (Å²) in [4.78, 5) is 33.6. The summed E-state index contributed by atoms with van der Waals surface area (Å²) < 4.78 is 10.2. The lowest BCUT2D eigenvalue weighted by atomic mass is 10.2. The maximum absolute atomic E-state index is 13.2. The van der Waals surface area contributed by atoms with E-state index < -0.39 is 0 Å². The molecular formula is C21H20ClN3O4S2. The number of hydrogen-bond acceptors (Lipinski definition) is 7. The van der Waals surface area contributed by atoms with Gasteiger partial charge in [-0.25, -0.2) is 9.79 Å². The van der Waals surface area contributed by atoms with E-state index in [-0.39, 0.29) is 12.0 Å². The second-order valence-electron chi connectivity index (χ2n) is 6.70. The molecule has 2 amide bonds. The van der Waals surface area contributed by atoms with Crippen molar-refractivity contribution in [3.05, 3.63) is 51.3 Å². The number of nitrogens with zero attached hydrogens (tertiary/aromatic N) is 3. The smallest absolute Gasteiger partial charge is 0.409 e. The number of methoxy groups -OCH3 is 1. The number of thioether (sulfide) groups is 1. The number of anilines is 1. The van der Waals surface area contributed by atoms with Crippen LogP contribution in [0, 0.1) is 0 Å². The molecule has 10 heteroatoms. The topological polar surface area (TPSA) is 71.4 Å². The van der Waals surface area contributed by atoms with E-state index in [2.05, 4.69) is 4.99 Å². The minimum absolute atomic E-state index is 0.208. The minimum Gasteiger partial charge on any atom is -0.495 e. The van der Waals surface area contributed by atoms with Gasteiger partial charge < -0.3 is 14.4 Å². The monoisotopic (exact) mass is 477 g/mol. The van der Waals surface area contributed by atoms with Crippen LogP contribution in [0.2, 0.25) is 5.02 Å². The molecule has 0 aliphatic carbocycles. The van der Waals surface area contributed by atoms with Gasteiger partial charge in [0.25, 0.3) is 5.91 Å². The molecule has 0 bridgehead atoms. The number of carbonyl (C=O) groups is 2. The number of amidine groups is 1. The summed E-state index contributed by atoms with van der Waals surface area (Å²) in [6.07, 6.45) is 2.28. The molecule has 1 aromatic carbocycles. The number of rotatable bonds is 7. The Morgan fingerprint density at radius 1 is 1.35 bits per heavy atom. The molecule has 0 spiro atoms. The van der Waals surface area contributed by atoms with Gasteiger partial charge >= 0.3 is 6.09 Å². The van der Waals surface area contributed by atoms with Crippen LogP contribution in [0.15, 0.2) is 46.4 Å². The number of halogens is 1. The lowest BCUT2D eigenvalue weighted by Gasteiger charge is -2.19. The van der Waals surface area contributed by atoms with Crippen molar-refractivity contribution in [3.8, 4) is 5.75 Å². The second kappa shape index (κ2) is 9.76. The minimum atomic E-state index is -0.269. The molecule has 7 nitrogen and oxygen atoms in total. The number of benzene rings is 1. The number of thiophene rings is 1. The normalized spacial score (nSPS) is 17.5. The third-order valence-corrected chi connectivity index (χ3v) is 6.83. The Morgan fingerprint density at radius 2 is 2.23 bits per heavy atom. The van der Waals surface area contributed by atoms with Crippen LogP contribution in [0.5, 0.6) is 5.75 Å². The highest BCUT2D eigenvalue weighted by Crippen LogP contribution is 2.34. The fourth-order valence-corrected chi connectivity index (χ4v) is 5.01. The zero-order valence-corrected chi connectivity index (χ0v) is 19.1. The molecule has 1 aromatic heterocycles. The van der Waals surface area contributed by atoms with Crippen molar-refractivity contribution in [2.24, 2.45) is 4.99 Å². The van der Waals surface area contributed by atoms with Crippen LogP contribution in [0.4, 0.5) is 10.5 Å². The number of hydrogen-bond donors (Lipinski definition) is 0. The highest BCUT2D eigenvalue weighted by molar-refractivity contribution is 8.14. The fourth-order valence-electron chi connectivity index (χ4n) is 3.17. The molecule has 1 fully saturated rings. The Hall–Kier alpha value is -2.49. The second-order valence-corrected chi connectivity index (χ2v) is 9.15. The van der Waals surface area contributed by atoms with E-state index in [1.165, 1.54) is 11.8 Å². The Morgan fingerprint density at radius 3 is 2.90 bits per heavy atom. The van der Waals surface area contributed by atoms with Gasteiger partial charge in [0.2, 0.25) is 0 Å². The number of ether oxygens (including phenoxy) is 2. The summed E-state index contributed by atoms with van der Waals surface area (Å²) in [6, 6.07) is 9.08. The Labute approximate surface area is 193 Å². The molecule has 0 N–H and O–H groups in total. The van der Waals surface area contributed by atoms with Crippen molar-refractivity contribution in [3.63, 3.8) is 0 Å². The predicted molar refractivity (Wildman–Crippen MR) is 125 cm³/mol. The summed E-state index contributed by atoms with van der Waals surface area (Å²) in [6.45, 7) is 1.67. The summed E-state index contributed by atoms with van der Waals surface area (Å²) in [5.41, 5.74) is 1.000. The third-order valence-electron chi connectivity index (χ3n) is 4.69. The van der Waals surface area contributed by atoms with Gasteiger partial charge in [-0.3, -0.25) is 9.69 Å². The maximum Gasteiger partial charge on any atom is 0.409 e. The number of amides is 2. The highest BCUT2D eigenvalue weighted by Gasteiger charge is 2.32. The van der Waals surface area contributed by atoms with E-state index in [1.807, 2.05) is 17.5 Å². The van der Waals surface area contributed by atoms with Crippen LogP contribution in [-0.2, 0) is 9.53 Å². The molecule has 31 heavy (non-hydrogen) atoms. The van der Waals surface area contributed by atoms with Gasteiger partial charge in [0.05, 0.1) is 24.4 Å². The van der Waals surface area contributed by atoms with Gasteiger partial charge in [0, 0.05) is 17.2 Å². The van der Waals surface area contributed by atoms with Crippen LogP contribution in [0.3, 0.4) is 0 Å². The molecule has 0 radical (unpaired) electrons. The molecular weight excluding hydrogens is 458 g/mol. The molecule has 0 saturated carbocycles. The Balaban J connectivity index is 1.52. The standard InChI is InChI=1S/C21H20ClN3O4S2/c1-28-18-6-5-14(12-16(18)22)25-19(26)17(13-15-4-2-10-30-15)23-20(25)31-11-3-7-24-8-9-29-21(24)27/h2,4-6,10,12-13H,3,7-9,11H2,1H3/b17-13-. The molecule has 3 heterocycles. The SMILES string of the molecule is COc1ccc(N2C(=O)/C(=C/c3cccs3)N=C2SCCCN2CCOC2=O)cc1Cl. The van der Waals surface area contributed by atoms with Crippen molar-refractivity contribution in [1.82, 2.24) is 4.90 Å². The van der Waals surface area contributed by atoms with Crippen LogP contribution in [0.25, 0.3) is 6.08 Å². The molecule has 0 unspecified atom stereocenters. The third kappa shape index (κ3) is 4.89. The Kier molecular flexibility index (Phi) is 6.84. The van der Waals surface area contributed by atoms with Crippen molar-refractivity contribution in [2.45, 2.75) is 6.42 Å². The van der Waals surface area contributed by atoms with Gasteiger partial charge in [-0.15, -0.1) is 11.3 Å². The van der Waals surface area contributed by atoms with Crippen molar-refractivity contribution in [2.75, 3.05) is 37.5 Å². The first-order chi connectivity index (χ1) is 15.1. The molecule has 1 saturated heterocycles. The first-order valence-corrected chi connectivity index (χ1v) is 11.9. The van der Waals surface area contributed by atoms with Gasteiger partial charge in [0.15, 0.2) is 5.17 Å². The Bertz CT molecular complexity index is 1040. The van der Waals surface area contributed by atoms with Gasteiger partial charge in [0.1, 0.15) is 18.1 Å². The average Bonchev–Trinajstić information content (AvgIpc) is 3.48.